The number of aldehydes is 2. The zero-order valence-electron chi connectivity index (χ0n) is 66.7. The zero-order valence-corrected chi connectivity index (χ0v) is 69.1. The third-order valence-corrected chi connectivity index (χ3v) is 16.6. The summed E-state index contributed by atoms with van der Waals surface area (Å²) in [6.07, 6.45) is -12.8. The molecule has 0 bridgehead atoms. The minimum atomic E-state index is -4.77. The second kappa shape index (κ2) is 46.7. The highest BCUT2D eigenvalue weighted by atomic mass is 79.9. The number of hydrogen-bond acceptors (Lipinski definition) is 22. The topological polar surface area (TPSA) is 392 Å². The summed E-state index contributed by atoms with van der Waals surface area (Å²) in [7, 11) is 1.33. The van der Waals surface area contributed by atoms with Gasteiger partial charge in [-0.3, -0.25) is 28.8 Å². The number of benzene rings is 4. The number of rotatable bonds is 18. The number of ketones is 2. The third kappa shape index (κ3) is 29.3. The Morgan fingerprint density at radius 1 is 0.519 bits per heavy atom. The Morgan fingerprint density at radius 3 is 1.13 bits per heavy atom. The summed E-state index contributed by atoms with van der Waals surface area (Å²) < 4.78 is 272. The van der Waals surface area contributed by atoms with Crippen LogP contribution >= 0.6 is 28.3 Å². The summed E-state index contributed by atoms with van der Waals surface area (Å²) in [5.74, 6) is -9.23. The van der Waals surface area contributed by atoms with Crippen molar-refractivity contribution in [3.63, 3.8) is 0 Å². The van der Waals surface area contributed by atoms with Crippen molar-refractivity contribution >= 4 is 93.9 Å². The van der Waals surface area contributed by atoms with Gasteiger partial charge in [-0.1, -0.05) is 54.7 Å². The van der Waals surface area contributed by atoms with Crippen LogP contribution in [0.25, 0.3) is 29.3 Å². The number of hydrogen-bond donors (Lipinski definition) is 4. The molecule has 131 heavy (non-hydrogen) atoms. The van der Waals surface area contributed by atoms with Crippen LogP contribution in [0.3, 0.4) is 0 Å². The molecule has 0 aliphatic carbocycles. The molecule has 0 atom stereocenters. The summed E-state index contributed by atoms with van der Waals surface area (Å²) in [4.78, 5) is 115. The van der Waals surface area contributed by atoms with Crippen LogP contribution in [0.5, 0.6) is 0 Å². The van der Waals surface area contributed by atoms with Gasteiger partial charge in [0.1, 0.15) is 86.1 Å². The van der Waals surface area contributed by atoms with E-state index in [1.165, 1.54) is 55.8 Å². The highest BCUT2D eigenvalue weighted by Gasteiger charge is 2.42. The maximum atomic E-state index is 13.8. The number of anilines is 1. The van der Waals surface area contributed by atoms with E-state index in [0.29, 0.717) is 40.9 Å². The van der Waals surface area contributed by atoms with E-state index in [1.54, 1.807) is 20.8 Å². The van der Waals surface area contributed by atoms with Gasteiger partial charge in [0, 0.05) is 47.9 Å². The van der Waals surface area contributed by atoms with Crippen LogP contribution in [0, 0.1) is 46.5 Å². The normalized spacial score (nSPS) is 11.6. The van der Waals surface area contributed by atoms with Crippen LogP contribution in [0.1, 0.15) is 135 Å². The molecule has 0 radical (unpaired) electrons. The molecular weight excluding hydrogens is 1880 g/mol. The van der Waals surface area contributed by atoms with Crippen molar-refractivity contribution in [1.29, 1.82) is 0 Å². The number of pyridine rings is 4. The van der Waals surface area contributed by atoms with Crippen molar-refractivity contribution in [3.8, 4) is 23.3 Å². The zero-order chi connectivity index (χ0) is 97.3. The molecule has 2 amide bonds. The first-order chi connectivity index (χ1) is 61.0. The number of oxime groups is 1. The molecule has 8 aromatic heterocycles. The Hall–Kier alpha value is -15.0. The molecule has 4 aromatic carbocycles. The summed E-state index contributed by atoms with van der Waals surface area (Å²) in [5, 5.41) is 27.4. The quantitative estimate of drug-likeness (QED) is 0.0155. The summed E-state index contributed by atoms with van der Waals surface area (Å²) in [5.41, 5.74) is -2.65. The van der Waals surface area contributed by atoms with E-state index < -0.39 is 157 Å². The lowest BCUT2D eigenvalue weighted by Gasteiger charge is -2.12. The first-order valence-electron chi connectivity index (χ1n) is 35.4. The van der Waals surface area contributed by atoms with E-state index >= 15 is 0 Å². The summed E-state index contributed by atoms with van der Waals surface area (Å²) >= 11 is 3.12. The Balaban J connectivity index is 0.000000288. The average molecular weight is 1940 g/mol. The van der Waals surface area contributed by atoms with Crippen molar-refractivity contribution in [3.05, 3.63) is 319 Å². The van der Waals surface area contributed by atoms with E-state index in [1.807, 2.05) is 0 Å². The standard InChI is InChI=1S/C22H17F5N4O2.C18H11F5N4O.C18H10F5N3O2.C10H5BrF3N3O.C7H5F2NO.C5H8O2.CO2.ClH.H3NO/c1-21(2)10-16(30-33-21)15-9-18(22(25,26)27)31(29-15)19-7-6-12(11-28-19)8-17(32)20-13(23)4-3-5-14(20)24;1-2-10-8-14(18(21,22)23)27(26-10)15-7-6-11(9-24-15)25-17(28)16-12(19)4-3-5-13(16)20;19-12-2-1-3-13(20)17(12)14(28)6-10-4-5-16(24-8-10)26-15(18(21,22)23)7-11(9-27)25-26;11-6-1-2-9(15-4-6)17-8(10(12,13)14)3-7(5-18)16-17;8-4-2-1-3-5(9)6(4)7(10)11;1-4(2)5(6)7-3;2-1-3;;1-2/h3-7,9,11H,8,10H2,1-2H3;2-9H,1H2,(H,25,28);1-5,7-9H,6H2;1-5H;1-3H,(H2,10,11);1H2,2-3H3;;1H;2H,1H2. The molecule has 0 fully saturated rings. The number of nitrogens with zero attached hydrogens (tertiary/aromatic N) is 13. The fourth-order valence-corrected chi connectivity index (χ4v) is 10.7. The van der Waals surface area contributed by atoms with Crippen molar-refractivity contribution in [2.45, 2.75) is 70.3 Å². The number of ether oxygens (including phenoxy) is 1. The molecule has 0 unspecified atom stereocenters. The number of amides is 2. The van der Waals surface area contributed by atoms with Crippen molar-refractivity contribution in [1.82, 2.24) is 59.1 Å². The van der Waals surface area contributed by atoms with Gasteiger partial charge < -0.3 is 25.8 Å². The molecule has 9 heterocycles. The number of primary amides is 1. The highest BCUT2D eigenvalue weighted by molar-refractivity contribution is 9.10. The Kier molecular flexibility index (Phi) is 38.0. The summed E-state index contributed by atoms with van der Waals surface area (Å²) in [6.45, 7) is 11.8. The summed E-state index contributed by atoms with van der Waals surface area (Å²) in [6, 6.07) is 25.4. The maximum Gasteiger partial charge on any atom is 0.433 e. The number of carbonyl (C=O) groups excluding carboxylic acids is 9. The maximum absolute atomic E-state index is 13.8. The van der Waals surface area contributed by atoms with Crippen molar-refractivity contribution in [2.75, 3.05) is 12.4 Å². The molecule has 6 N–H and O–H groups in total. The fraction of sp³-hybridized carbons (Fsp3) is 0.148. The van der Waals surface area contributed by atoms with Crippen molar-refractivity contribution < 1.29 is 146 Å². The lowest BCUT2D eigenvalue weighted by atomic mass is 10.0. The van der Waals surface area contributed by atoms with Gasteiger partial charge in [-0.2, -0.15) is 82.7 Å². The molecule has 1 aliphatic heterocycles. The van der Waals surface area contributed by atoms with Crippen LogP contribution in [-0.2, 0) is 61.5 Å². The number of esters is 1. The van der Waals surface area contributed by atoms with Gasteiger partial charge in [-0.05, 0) is 163 Å². The van der Waals surface area contributed by atoms with Crippen LogP contribution < -0.4 is 16.9 Å². The molecule has 13 rings (SSSR count). The van der Waals surface area contributed by atoms with Gasteiger partial charge in [0.25, 0.3) is 11.8 Å². The largest absolute Gasteiger partial charge is 0.466 e. The van der Waals surface area contributed by atoms with E-state index in [9.17, 15) is 121 Å². The Bertz CT molecular complexity index is 5910. The number of Topliss-reactive ketones (excluding diaryl/α,β-unsaturated/α-hetero) is 2. The smallest absolute Gasteiger partial charge is 0.433 e. The van der Waals surface area contributed by atoms with Crippen LogP contribution in [0.2, 0.25) is 0 Å². The highest BCUT2D eigenvalue weighted by Crippen LogP contribution is 2.37. The fourth-order valence-electron chi connectivity index (χ4n) is 10.5. The van der Waals surface area contributed by atoms with Gasteiger partial charge >= 0.3 is 36.8 Å². The van der Waals surface area contributed by atoms with Gasteiger partial charge in [0.15, 0.2) is 70.2 Å². The number of nitrogens with one attached hydrogen (secondary N) is 1. The molecular formula is C81H60BrClF20N16O12. The van der Waals surface area contributed by atoms with E-state index in [4.69, 9.17) is 25.4 Å². The second-order valence-corrected chi connectivity index (χ2v) is 26.9. The van der Waals surface area contributed by atoms with E-state index in [2.05, 4.69) is 90.5 Å². The van der Waals surface area contributed by atoms with Gasteiger partial charge in [0.2, 0.25) is 0 Å². The lowest BCUT2D eigenvalue weighted by Crippen LogP contribution is -2.19. The Labute approximate surface area is 737 Å². The molecule has 0 spiro atoms. The SMILES string of the molecule is C=C(C)C(=O)OC.C=Cc1cc(C(F)(F)F)n(-c2ccc(NC(=O)c3c(F)cccc3F)cn2)n1.CC1(C)CC(c2cc(C(F)(F)F)n(-c3ccc(CC(=O)c4c(F)cccc4F)cn3)n2)=NO1.Cl.NC(=O)c1c(F)cccc1F.NO.O=C=O.O=Cc1cc(C(F)(F)F)n(-c2ccc(Br)cn2)n1.O=Cc1cc(C(F)(F)F)n(-c2ccc(CC(=O)c3c(F)cccc3F)cn2)n1. The van der Waals surface area contributed by atoms with Crippen LogP contribution in [0.15, 0.2) is 199 Å². The second-order valence-electron chi connectivity index (χ2n) is 26.0. The Morgan fingerprint density at radius 2 is 0.847 bits per heavy atom. The first kappa shape index (κ1) is 107. The molecule has 12 aromatic rings. The molecule has 690 valence electrons. The predicted molar refractivity (Wildman–Crippen MR) is 423 cm³/mol. The van der Waals surface area contributed by atoms with Gasteiger partial charge in [0.05, 0.1) is 35.8 Å². The van der Waals surface area contributed by atoms with E-state index in [-0.39, 0.29) is 113 Å². The van der Waals surface area contributed by atoms with E-state index in [0.717, 1.165) is 116 Å². The van der Waals surface area contributed by atoms with Crippen LogP contribution in [-0.4, -0.2) is 131 Å². The number of halogens is 22. The third-order valence-electron chi connectivity index (χ3n) is 16.1. The molecule has 0 saturated carbocycles. The molecule has 0 saturated heterocycles. The van der Waals surface area contributed by atoms with Crippen LogP contribution in [0.4, 0.5) is 93.5 Å². The van der Waals surface area contributed by atoms with Gasteiger partial charge in [-0.25, -0.2) is 84.5 Å². The number of aromatic nitrogens is 12. The molecule has 50 heteroatoms. The number of nitrogens with two attached hydrogens (primary N) is 2. The minimum absolute atomic E-state index is 0. The van der Waals surface area contributed by atoms with Gasteiger partial charge in [-0.15, -0.1) is 12.4 Å². The number of carbonyl (C=O) groups is 7. The molecule has 28 nitrogen and oxygen atoms in total. The molecule has 1 aliphatic rings. The minimum Gasteiger partial charge on any atom is -0.466 e. The monoisotopic (exact) mass is 1940 g/mol. The van der Waals surface area contributed by atoms with Crippen molar-refractivity contribution in [2.24, 2.45) is 16.8 Å². The predicted octanol–water partition coefficient (Wildman–Crippen LogP) is 17.0. The lowest BCUT2D eigenvalue weighted by molar-refractivity contribution is -0.192. The first-order valence-corrected chi connectivity index (χ1v) is 36.2. The average Bonchev–Trinajstić information content (AvgIpc) is 1.68. The number of alkyl halides is 12. The number of methoxy groups -OCH3 is 1.